The maximum absolute atomic E-state index is 13.7. The number of carbonyl (C=O) groups is 1. The first-order valence-corrected chi connectivity index (χ1v) is 12.9. The fourth-order valence-corrected chi connectivity index (χ4v) is 4.70. The molecule has 0 aliphatic carbocycles. The molecule has 0 unspecified atom stereocenters. The third-order valence-corrected chi connectivity index (χ3v) is 6.73. The summed E-state index contributed by atoms with van der Waals surface area (Å²) in [6.07, 6.45) is 0. The quantitative estimate of drug-likeness (QED) is 0.241. The van der Waals surface area contributed by atoms with Crippen LogP contribution in [0.2, 0.25) is 0 Å². The fraction of sp³-hybridized carbons (Fsp3) is 0.0294. The van der Waals surface area contributed by atoms with Crippen LogP contribution < -0.4 is 4.90 Å². The highest BCUT2D eigenvalue weighted by Crippen LogP contribution is 2.32. The van der Waals surface area contributed by atoms with Gasteiger partial charge in [0.1, 0.15) is 11.5 Å². The number of phenolic OH excluding ortho intramolecular Hbond substituents is 2. The maximum Gasteiger partial charge on any atom is 0.262 e. The Morgan fingerprint density at radius 3 is 2.08 bits per heavy atom. The van der Waals surface area contributed by atoms with Crippen molar-refractivity contribution in [1.29, 1.82) is 0 Å². The molecule has 2 N–H and O–H groups in total. The van der Waals surface area contributed by atoms with E-state index in [2.05, 4.69) is 0 Å². The smallest absolute Gasteiger partial charge is 0.262 e. The number of aromatic hydroxyl groups is 2. The molecule has 6 aromatic rings. The fourth-order valence-electron chi connectivity index (χ4n) is 4.70. The van der Waals surface area contributed by atoms with Crippen LogP contribution in [0, 0.1) is 0 Å². The molecule has 0 saturated heterocycles. The summed E-state index contributed by atoms with van der Waals surface area (Å²) in [6.45, 7) is 0.300. The molecule has 0 aliphatic rings. The summed E-state index contributed by atoms with van der Waals surface area (Å²) in [6, 6.07) is 39.1. The SMILES string of the molecule is O=C(c1ccc(O)cc1O)N(Cc1ccccc1)c1ccc(-c2nc(-c3ccccc3)nc3ccccc23)cc1. The number of fused-ring (bicyclic) bond motifs is 1. The average molecular weight is 524 g/mol. The van der Waals surface area contributed by atoms with Gasteiger partial charge in [-0.1, -0.05) is 91.0 Å². The van der Waals surface area contributed by atoms with Gasteiger partial charge in [0.2, 0.25) is 0 Å². The zero-order valence-electron chi connectivity index (χ0n) is 21.5. The number of benzene rings is 5. The van der Waals surface area contributed by atoms with Gasteiger partial charge >= 0.3 is 0 Å². The zero-order chi connectivity index (χ0) is 27.5. The van der Waals surface area contributed by atoms with Gasteiger partial charge in [-0.2, -0.15) is 0 Å². The van der Waals surface area contributed by atoms with E-state index >= 15 is 0 Å². The van der Waals surface area contributed by atoms with Crippen molar-refractivity contribution in [2.24, 2.45) is 0 Å². The van der Waals surface area contributed by atoms with Gasteiger partial charge in [-0.3, -0.25) is 4.79 Å². The first-order valence-electron chi connectivity index (χ1n) is 12.9. The van der Waals surface area contributed by atoms with Gasteiger partial charge in [0.15, 0.2) is 5.82 Å². The largest absolute Gasteiger partial charge is 0.508 e. The third-order valence-electron chi connectivity index (χ3n) is 6.73. The van der Waals surface area contributed by atoms with Crippen molar-refractivity contribution in [3.05, 3.63) is 139 Å². The second-order valence-electron chi connectivity index (χ2n) is 9.40. The lowest BCUT2D eigenvalue weighted by Gasteiger charge is -2.24. The summed E-state index contributed by atoms with van der Waals surface area (Å²) in [7, 11) is 0. The van der Waals surface area contributed by atoms with Crippen molar-refractivity contribution >= 4 is 22.5 Å². The molecule has 1 heterocycles. The first-order chi connectivity index (χ1) is 19.6. The number of rotatable bonds is 6. The number of nitrogens with zero attached hydrogens (tertiary/aromatic N) is 3. The normalized spacial score (nSPS) is 10.9. The minimum absolute atomic E-state index is 0.104. The van der Waals surface area contributed by atoms with Gasteiger partial charge in [0, 0.05) is 28.3 Å². The second kappa shape index (κ2) is 10.7. The van der Waals surface area contributed by atoms with Crippen molar-refractivity contribution in [1.82, 2.24) is 9.97 Å². The van der Waals surface area contributed by atoms with Gasteiger partial charge in [0.25, 0.3) is 5.91 Å². The molecule has 1 amide bonds. The van der Waals surface area contributed by atoms with E-state index in [4.69, 9.17) is 9.97 Å². The van der Waals surface area contributed by atoms with E-state index in [1.54, 1.807) is 4.90 Å². The van der Waals surface area contributed by atoms with Gasteiger partial charge < -0.3 is 15.1 Å². The Bertz CT molecular complexity index is 1800. The molecule has 6 rings (SSSR count). The zero-order valence-corrected chi connectivity index (χ0v) is 21.5. The van der Waals surface area contributed by atoms with Crippen LogP contribution in [-0.2, 0) is 6.54 Å². The third kappa shape index (κ3) is 4.98. The molecule has 40 heavy (non-hydrogen) atoms. The van der Waals surface area contributed by atoms with Gasteiger partial charge in [-0.25, -0.2) is 9.97 Å². The van der Waals surface area contributed by atoms with Crippen LogP contribution in [-0.4, -0.2) is 26.1 Å². The molecule has 194 valence electrons. The number of anilines is 1. The second-order valence-corrected chi connectivity index (χ2v) is 9.40. The van der Waals surface area contributed by atoms with E-state index < -0.39 is 0 Å². The number of hydrogen-bond donors (Lipinski definition) is 2. The summed E-state index contributed by atoms with van der Waals surface area (Å²) >= 11 is 0. The van der Waals surface area contributed by atoms with Crippen LogP contribution in [0.15, 0.2) is 127 Å². The highest BCUT2D eigenvalue weighted by atomic mass is 16.3. The summed E-state index contributed by atoms with van der Waals surface area (Å²) in [5.74, 6) is -0.129. The Morgan fingerprint density at radius 1 is 0.675 bits per heavy atom. The van der Waals surface area contributed by atoms with Gasteiger partial charge in [-0.05, 0) is 35.9 Å². The molecule has 6 nitrogen and oxygen atoms in total. The topological polar surface area (TPSA) is 86.5 Å². The number of para-hydroxylation sites is 1. The van der Waals surface area contributed by atoms with Crippen LogP contribution in [0.5, 0.6) is 11.5 Å². The summed E-state index contributed by atoms with van der Waals surface area (Å²) < 4.78 is 0. The molecule has 6 heteroatoms. The monoisotopic (exact) mass is 523 g/mol. The summed E-state index contributed by atoms with van der Waals surface area (Å²) in [5, 5.41) is 21.1. The summed E-state index contributed by atoms with van der Waals surface area (Å²) in [5.41, 5.74) is 5.16. The Hall–Kier alpha value is -5.49. The molecule has 0 spiro atoms. The van der Waals surface area contributed by atoms with Crippen LogP contribution in [0.3, 0.4) is 0 Å². The highest BCUT2D eigenvalue weighted by Gasteiger charge is 2.22. The van der Waals surface area contributed by atoms with E-state index in [1.807, 2.05) is 109 Å². The standard InChI is InChI=1S/C34H25N3O3/c38-27-19-20-29(31(39)21-27)34(40)37(22-23-9-3-1-4-10-23)26-17-15-24(16-18-26)32-28-13-7-8-14-30(28)35-33(36-32)25-11-5-2-6-12-25/h1-21,38-39H,22H2. The number of amides is 1. The van der Waals surface area contributed by atoms with Crippen LogP contribution in [0.25, 0.3) is 33.5 Å². The Morgan fingerprint density at radius 2 is 1.35 bits per heavy atom. The van der Waals surface area contributed by atoms with Gasteiger partial charge in [-0.15, -0.1) is 0 Å². The number of aromatic nitrogens is 2. The number of hydrogen-bond acceptors (Lipinski definition) is 5. The molecular formula is C34H25N3O3. The molecule has 0 fully saturated rings. The van der Waals surface area contributed by atoms with Crippen molar-refractivity contribution < 1.29 is 15.0 Å². The van der Waals surface area contributed by atoms with Gasteiger partial charge in [0.05, 0.1) is 23.3 Å². The van der Waals surface area contributed by atoms with E-state index in [0.717, 1.165) is 33.3 Å². The van der Waals surface area contributed by atoms with Crippen molar-refractivity contribution in [2.75, 3.05) is 4.90 Å². The van der Waals surface area contributed by atoms with Crippen molar-refractivity contribution in [2.45, 2.75) is 6.54 Å². The lowest BCUT2D eigenvalue weighted by Crippen LogP contribution is -2.30. The Labute approximate surface area is 231 Å². The number of phenols is 2. The maximum atomic E-state index is 13.7. The van der Waals surface area contributed by atoms with E-state index in [-0.39, 0.29) is 23.0 Å². The van der Waals surface area contributed by atoms with E-state index in [9.17, 15) is 15.0 Å². The van der Waals surface area contributed by atoms with Crippen molar-refractivity contribution in [3.8, 4) is 34.1 Å². The predicted molar refractivity (Wildman–Crippen MR) is 157 cm³/mol. The molecule has 0 bridgehead atoms. The average Bonchev–Trinajstić information content (AvgIpc) is 3.00. The molecule has 0 radical (unpaired) electrons. The predicted octanol–water partition coefficient (Wildman–Crippen LogP) is 7.22. The first kappa shape index (κ1) is 24.8. The number of carbonyl (C=O) groups excluding carboxylic acids is 1. The minimum Gasteiger partial charge on any atom is -0.508 e. The lowest BCUT2D eigenvalue weighted by atomic mass is 10.0. The van der Waals surface area contributed by atoms with E-state index in [0.29, 0.717) is 18.1 Å². The highest BCUT2D eigenvalue weighted by molar-refractivity contribution is 6.08. The Kier molecular flexibility index (Phi) is 6.65. The minimum atomic E-state index is -0.382. The molecular weight excluding hydrogens is 498 g/mol. The van der Waals surface area contributed by atoms with Crippen LogP contribution >= 0.6 is 0 Å². The molecule has 0 atom stereocenters. The van der Waals surface area contributed by atoms with E-state index in [1.165, 1.54) is 18.2 Å². The molecule has 1 aromatic heterocycles. The Balaban J connectivity index is 1.42. The lowest BCUT2D eigenvalue weighted by molar-refractivity contribution is 0.0982. The van der Waals surface area contributed by atoms with Crippen LogP contribution in [0.4, 0.5) is 5.69 Å². The molecule has 0 aliphatic heterocycles. The van der Waals surface area contributed by atoms with Crippen LogP contribution in [0.1, 0.15) is 15.9 Å². The molecule has 0 saturated carbocycles. The molecule has 5 aromatic carbocycles. The summed E-state index contributed by atoms with van der Waals surface area (Å²) in [4.78, 5) is 25.0. The van der Waals surface area contributed by atoms with Crippen molar-refractivity contribution in [3.63, 3.8) is 0 Å².